The van der Waals surface area contributed by atoms with Crippen molar-refractivity contribution < 1.29 is 0 Å². The van der Waals surface area contributed by atoms with E-state index in [9.17, 15) is 0 Å². The molecule has 0 aliphatic heterocycles. The van der Waals surface area contributed by atoms with Gasteiger partial charge < -0.3 is 0 Å². The van der Waals surface area contributed by atoms with E-state index in [0.29, 0.717) is 0 Å². The van der Waals surface area contributed by atoms with Crippen LogP contribution in [0.1, 0.15) is 0 Å². The van der Waals surface area contributed by atoms with E-state index in [0.717, 1.165) is 0 Å². The first-order valence-corrected chi connectivity index (χ1v) is 35.1. The molecule has 19 heteroatoms. The molecular formula is C95H95N19. The van der Waals surface area contributed by atoms with Gasteiger partial charge >= 0.3 is 0 Å². The number of aromatic nitrogens is 19. The highest BCUT2D eigenvalue weighted by molar-refractivity contribution is 4.98. The monoisotopic (exact) mass is 1500 g/mol. The molecule has 0 aliphatic carbocycles. The Kier molecular flexibility index (Phi) is 78.1. The number of hydrogen-bond donors (Lipinski definition) is 0. The van der Waals surface area contributed by atoms with E-state index >= 15 is 0 Å². The smallest absolute Gasteiger partial charge is 0.0267 e. The SMILES string of the molecule is c1ccncc1.c1ccncc1.c1ccncc1.c1ccncc1.c1ccncc1.c1ccncc1.c1ccncc1.c1ccncc1.c1ccncc1.c1ccncc1.c1ccncc1.c1ccncc1.c1ccncc1.c1ccncc1.c1ccncc1.c1ccncc1.c1ccncc1.c1ccncc1.c1ccncc1. The van der Waals surface area contributed by atoms with Crippen molar-refractivity contribution in [1.29, 1.82) is 0 Å². The van der Waals surface area contributed by atoms with Crippen molar-refractivity contribution >= 4 is 0 Å². The lowest BCUT2D eigenvalue weighted by atomic mass is 10.5. The summed E-state index contributed by atoms with van der Waals surface area (Å²) >= 11 is 0. The van der Waals surface area contributed by atoms with Crippen LogP contribution in [0.2, 0.25) is 0 Å². The Morgan fingerprint density at radius 2 is 0.0789 bits per heavy atom. The highest BCUT2D eigenvalue weighted by Gasteiger charge is 1.69. The van der Waals surface area contributed by atoms with Gasteiger partial charge in [-0.25, -0.2) is 0 Å². The van der Waals surface area contributed by atoms with Crippen LogP contribution in [0.4, 0.5) is 0 Å². The Morgan fingerprint density at radius 3 is 0.0877 bits per heavy atom. The largest absolute Gasteiger partial charge is 0.265 e. The zero-order valence-corrected chi connectivity index (χ0v) is 63.3. The topological polar surface area (TPSA) is 245 Å². The molecule has 0 N–H and O–H groups in total. The fraction of sp³-hybridized carbons (Fsp3) is 0. The van der Waals surface area contributed by atoms with Gasteiger partial charge in [-0.15, -0.1) is 0 Å². The van der Waals surface area contributed by atoms with E-state index in [-0.39, 0.29) is 0 Å². The van der Waals surface area contributed by atoms with Crippen LogP contribution in [0.5, 0.6) is 0 Å². The Hall–Kier alpha value is -16.2. The summed E-state index contributed by atoms with van der Waals surface area (Å²) in [5.74, 6) is 0. The Bertz CT molecular complexity index is 2710. The lowest BCUT2D eigenvalue weighted by Crippen LogP contribution is -1.58. The van der Waals surface area contributed by atoms with E-state index < -0.39 is 0 Å². The third kappa shape index (κ3) is 90.1. The molecule has 0 amide bonds. The van der Waals surface area contributed by atoms with Gasteiger partial charge in [0.25, 0.3) is 0 Å². The van der Waals surface area contributed by atoms with Crippen LogP contribution >= 0.6 is 0 Å². The van der Waals surface area contributed by atoms with Crippen LogP contribution < -0.4 is 0 Å². The van der Waals surface area contributed by atoms with Crippen molar-refractivity contribution in [3.8, 4) is 0 Å². The van der Waals surface area contributed by atoms with Crippen molar-refractivity contribution in [2.75, 3.05) is 0 Å². The zero-order valence-electron chi connectivity index (χ0n) is 63.3. The second-order valence-electron chi connectivity index (χ2n) is 19.5. The molecular weight excluding hydrogens is 1410 g/mol. The van der Waals surface area contributed by atoms with E-state index in [1.165, 1.54) is 0 Å². The molecule has 19 heterocycles. The van der Waals surface area contributed by atoms with Crippen LogP contribution in [0.3, 0.4) is 0 Å². The summed E-state index contributed by atoms with van der Waals surface area (Å²) in [4.78, 5) is 71.9. The molecule has 19 aromatic heterocycles. The molecule has 19 rings (SSSR count). The molecule has 19 aromatic rings. The first-order valence-electron chi connectivity index (χ1n) is 35.1. The van der Waals surface area contributed by atoms with Crippen molar-refractivity contribution in [2.45, 2.75) is 0 Å². The highest BCUT2D eigenvalue weighted by atomic mass is 14.7. The maximum Gasteiger partial charge on any atom is 0.0267 e. The molecule has 114 heavy (non-hydrogen) atoms. The average Bonchev–Trinajstić information content (AvgIpc) is 3.87. The van der Waals surface area contributed by atoms with Crippen LogP contribution in [-0.4, -0.2) is 94.7 Å². The van der Waals surface area contributed by atoms with Crippen molar-refractivity contribution in [3.05, 3.63) is 581 Å². The van der Waals surface area contributed by atoms with Crippen molar-refractivity contribution in [1.82, 2.24) is 94.7 Å². The van der Waals surface area contributed by atoms with Gasteiger partial charge in [-0.05, 0) is 231 Å². The summed E-state index contributed by atoms with van der Waals surface area (Å²) in [5.41, 5.74) is 0. The van der Waals surface area contributed by atoms with E-state index in [2.05, 4.69) is 94.7 Å². The lowest BCUT2D eigenvalue weighted by Gasteiger charge is -1.70. The summed E-state index contributed by atoms with van der Waals surface area (Å²) in [7, 11) is 0. The Labute approximate surface area is 672 Å². The zero-order chi connectivity index (χ0) is 80.6. The summed E-state index contributed by atoms with van der Waals surface area (Å²) in [6.45, 7) is 0. The number of nitrogens with zero attached hydrogens (tertiary/aromatic N) is 19. The molecule has 0 radical (unpaired) electrons. The maximum atomic E-state index is 3.78. The molecule has 0 bridgehead atoms. The number of rotatable bonds is 0. The molecule has 0 saturated heterocycles. The molecule has 0 aliphatic rings. The Morgan fingerprint density at radius 1 is 0.0439 bits per heavy atom. The fourth-order valence-electron chi connectivity index (χ4n) is 5.94. The van der Waals surface area contributed by atoms with Gasteiger partial charge in [0.05, 0.1) is 0 Å². The van der Waals surface area contributed by atoms with Gasteiger partial charge in [0.1, 0.15) is 0 Å². The molecule has 0 saturated carbocycles. The van der Waals surface area contributed by atoms with Gasteiger partial charge in [0, 0.05) is 235 Å². The molecule has 0 unspecified atom stereocenters. The number of hydrogen-bond acceptors (Lipinski definition) is 19. The number of pyridine rings is 19. The first-order chi connectivity index (χ1) is 57.0. The van der Waals surface area contributed by atoms with Gasteiger partial charge in [-0.3, -0.25) is 94.7 Å². The summed E-state index contributed by atoms with van der Waals surface area (Å²) in [6, 6.07) is 109. The minimum atomic E-state index is 1.75. The van der Waals surface area contributed by atoms with Gasteiger partial charge in [-0.2, -0.15) is 0 Å². The van der Waals surface area contributed by atoms with Gasteiger partial charge in [-0.1, -0.05) is 115 Å². The molecule has 19 nitrogen and oxygen atoms in total. The highest BCUT2D eigenvalue weighted by Crippen LogP contribution is 1.84. The summed E-state index contributed by atoms with van der Waals surface area (Å²) < 4.78 is 0. The minimum Gasteiger partial charge on any atom is -0.265 e. The summed E-state index contributed by atoms with van der Waals surface area (Å²) in [5, 5.41) is 0. The predicted molar refractivity (Wildman–Crippen MR) is 461 cm³/mol. The van der Waals surface area contributed by atoms with Gasteiger partial charge in [0.15, 0.2) is 0 Å². The molecule has 0 spiro atoms. The van der Waals surface area contributed by atoms with Crippen molar-refractivity contribution in [3.63, 3.8) is 0 Å². The molecule has 0 atom stereocenters. The second-order valence-corrected chi connectivity index (χ2v) is 19.5. The maximum absolute atomic E-state index is 3.78. The minimum absolute atomic E-state index is 1.75. The summed E-state index contributed by atoms with van der Waals surface area (Å²) in [6.07, 6.45) is 66.5. The van der Waals surface area contributed by atoms with Crippen LogP contribution in [0.15, 0.2) is 581 Å². The molecule has 570 valence electrons. The van der Waals surface area contributed by atoms with Gasteiger partial charge in [0.2, 0.25) is 0 Å². The first kappa shape index (κ1) is 95.9. The third-order valence-electron chi connectivity index (χ3n) is 10.8. The van der Waals surface area contributed by atoms with Crippen LogP contribution in [0, 0.1) is 0 Å². The fourth-order valence-corrected chi connectivity index (χ4v) is 5.94. The lowest BCUT2D eigenvalue weighted by molar-refractivity contribution is 1.33. The quantitative estimate of drug-likeness (QED) is 0.137. The van der Waals surface area contributed by atoms with Crippen LogP contribution in [0.25, 0.3) is 0 Å². The van der Waals surface area contributed by atoms with E-state index in [1.54, 1.807) is 235 Å². The van der Waals surface area contributed by atoms with E-state index in [4.69, 9.17) is 0 Å². The normalized spacial score (nSPS) is 8.00. The average molecular weight is 1500 g/mol. The molecule has 0 fully saturated rings. The standard InChI is InChI=1S/19C5H5N/c19*1-2-4-6-5-3-1/h19*1-5H. The Balaban J connectivity index is 0.000000602. The van der Waals surface area contributed by atoms with E-state index in [1.807, 2.05) is 346 Å². The molecule has 0 aromatic carbocycles. The predicted octanol–water partition coefficient (Wildman–Crippen LogP) is 20.6. The second kappa shape index (κ2) is 92.9. The van der Waals surface area contributed by atoms with Crippen LogP contribution in [-0.2, 0) is 0 Å². The van der Waals surface area contributed by atoms with Crippen molar-refractivity contribution in [2.24, 2.45) is 0 Å². The third-order valence-corrected chi connectivity index (χ3v) is 10.8.